The molecule has 1 fully saturated rings. The van der Waals surface area contributed by atoms with Gasteiger partial charge in [-0.2, -0.15) is 0 Å². The van der Waals surface area contributed by atoms with Crippen LogP contribution in [0.2, 0.25) is 0 Å². The van der Waals surface area contributed by atoms with Crippen LogP contribution in [0, 0.1) is 11.7 Å². The molecule has 0 amide bonds. The largest absolute Gasteiger partial charge is 0.294 e. The lowest BCUT2D eigenvalue weighted by atomic mass is 9.80. The van der Waals surface area contributed by atoms with E-state index in [1.807, 2.05) is 0 Å². The van der Waals surface area contributed by atoms with Gasteiger partial charge in [-0.1, -0.05) is 12.5 Å². The summed E-state index contributed by atoms with van der Waals surface area (Å²) in [6.45, 7) is 0. The molecule has 1 aromatic rings. The van der Waals surface area contributed by atoms with Gasteiger partial charge >= 0.3 is 0 Å². The average Bonchev–Trinajstić information content (AvgIpc) is 2.06. The minimum absolute atomic E-state index is 0.0858. The maximum absolute atomic E-state index is 13.1. The summed E-state index contributed by atoms with van der Waals surface area (Å²) in [5.41, 5.74) is 0.496. The molecule has 0 heterocycles. The first kappa shape index (κ1) is 9.84. The molecular formula is C11H10BrFO. The molecule has 3 heteroatoms. The molecule has 0 saturated heterocycles. The fraction of sp³-hybridized carbons (Fsp3) is 0.364. The van der Waals surface area contributed by atoms with Gasteiger partial charge in [0.15, 0.2) is 5.78 Å². The van der Waals surface area contributed by atoms with Crippen LogP contribution in [0.25, 0.3) is 0 Å². The Hall–Kier alpha value is -0.700. The van der Waals surface area contributed by atoms with E-state index in [-0.39, 0.29) is 17.5 Å². The lowest BCUT2D eigenvalue weighted by Crippen LogP contribution is -2.21. The summed E-state index contributed by atoms with van der Waals surface area (Å²) in [4.78, 5) is 11.7. The Morgan fingerprint density at radius 1 is 1.43 bits per heavy atom. The summed E-state index contributed by atoms with van der Waals surface area (Å²) in [6, 6.07) is 4.57. The number of carbonyl (C=O) groups is 1. The topological polar surface area (TPSA) is 17.1 Å². The van der Waals surface area contributed by atoms with Gasteiger partial charge in [0.25, 0.3) is 0 Å². The summed E-state index contributed by atoms with van der Waals surface area (Å²) in [5, 5.41) is 0. The van der Waals surface area contributed by atoms with E-state index in [1.165, 1.54) is 6.07 Å². The molecule has 1 aromatic carbocycles. The van der Waals surface area contributed by atoms with Gasteiger partial charge in [0, 0.05) is 11.5 Å². The van der Waals surface area contributed by atoms with E-state index in [1.54, 1.807) is 12.1 Å². The molecule has 1 aliphatic carbocycles. The maximum atomic E-state index is 13.1. The van der Waals surface area contributed by atoms with E-state index in [4.69, 9.17) is 0 Å². The van der Waals surface area contributed by atoms with Crippen molar-refractivity contribution in [1.29, 1.82) is 0 Å². The molecule has 0 aliphatic heterocycles. The van der Waals surface area contributed by atoms with Gasteiger partial charge in [0.1, 0.15) is 5.82 Å². The van der Waals surface area contributed by atoms with Gasteiger partial charge < -0.3 is 0 Å². The Kier molecular flexibility index (Phi) is 2.68. The maximum Gasteiger partial charge on any atom is 0.166 e. The zero-order chi connectivity index (χ0) is 10.1. The highest BCUT2D eigenvalue weighted by Crippen LogP contribution is 2.30. The van der Waals surface area contributed by atoms with Crippen molar-refractivity contribution in [3.05, 3.63) is 34.1 Å². The summed E-state index contributed by atoms with van der Waals surface area (Å²) >= 11 is 3.06. The van der Waals surface area contributed by atoms with E-state index in [2.05, 4.69) is 15.9 Å². The SMILES string of the molecule is O=C(c1ccc(Br)c(F)c1)C1CCC1. The van der Waals surface area contributed by atoms with Gasteiger partial charge in [-0.15, -0.1) is 0 Å². The fourth-order valence-corrected chi connectivity index (χ4v) is 1.80. The second-order valence-corrected chi connectivity index (χ2v) is 4.48. The first-order valence-electron chi connectivity index (χ1n) is 4.68. The third-order valence-electron chi connectivity index (χ3n) is 2.68. The van der Waals surface area contributed by atoms with Crippen LogP contribution in [0.5, 0.6) is 0 Å². The molecule has 2 rings (SSSR count). The monoisotopic (exact) mass is 256 g/mol. The third kappa shape index (κ3) is 1.73. The third-order valence-corrected chi connectivity index (χ3v) is 3.32. The van der Waals surface area contributed by atoms with Crippen molar-refractivity contribution in [2.24, 2.45) is 5.92 Å². The predicted octanol–water partition coefficient (Wildman–Crippen LogP) is 3.57. The van der Waals surface area contributed by atoms with Crippen molar-refractivity contribution in [3.8, 4) is 0 Å². The van der Waals surface area contributed by atoms with Gasteiger partial charge in [-0.25, -0.2) is 4.39 Å². The van der Waals surface area contributed by atoms with Crippen LogP contribution in [0.3, 0.4) is 0 Å². The highest BCUT2D eigenvalue weighted by molar-refractivity contribution is 9.10. The number of carbonyl (C=O) groups excluding carboxylic acids is 1. The first-order valence-corrected chi connectivity index (χ1v) is 5.47. The Labute approximate surface area is 90.4 Å². The molecule has 0 radical (unpaired) electrons. The van der Waals surface area contributed by atoms with E-state index in [0.29, 0.717) is 10.0 Å². The van der Waals surface area contributed by atoms with Gasteiger partial charge in [-0.3, -0.25) is 4.79 Å². The smallest absolute Gasteiger partial charge is 0.166 e. The van der Waals surface area contributed by atoms with E-state index < -0.39 is 0 Å². The highest BCUT2D eigenvalue weighted by atomic mass is 79.9. The number of hydrogen-bond acceptors (Lipinski definition) is 1. The second-order valence-electron chi connectivity index (χ2n) is 3.62. The second kappa shape index (κ2) is 3.81. The molecule has 0 N–H and O–H groups in total. The van der Waals surface area contributed by atoms with Crippen LogP contribution in [0.15, 0.2) is 22.7 Å². The van der Waals surface area contributed by atoms with Gasteiger partial charge in [-0.05, 0) is 40.9 Å². The normalized spacial score (nSPS) is 16.4. The molecule has 1 aliphatic rings. The van der Waals surface area contributed by atoms with Crippen molar-refractivity contribution < 1.29 is 9.18 Å². The zero-order valence-electron chi connectivity index (χ0n) is 7.59. The minimum atomic E-state index is -0.366. The summed E-state index contributed by atoms with van der Waals surface area (Å²) in [7, 11) is 0. The quantitative estimate of drug-likeness (QED) is 0.740. The molecule has 1 nitrogen and oxygen atoms in total. The van der Waals surface area contributed by atoms with Gasteiger partial charge in [0.2, 0.25) is 0 Å². The number of hydrogen-bond donors (Lipinski definition) is 0. The van der Waals surface area contributed by atoms with Crippen LogP contribution in [0.1, 0.15) is 29.6 Å². The molecule has 74 valence electrons. The number of rotatable bonds is 2. The lowest BCUT2D eigenvalue weighted by Gasteiger charge is -2.23. The summed E-state index contributed by atoms with van der Waals surface area (Å²) in [6.07, 6.45) is 3.03. The lowest BCUT2D eigenvalue weighted by molar-refractivity contribution is 0.0854. The van der Waals surface area contributed by atoms with E-state index in [0.717, 1.165) is 19.3 Å². The Morgan fingerprint density at radius 3 is 2.64 bits per heavy atom. The number of Topliss-reactive ketones (excluding diaryl/α,β-unsaturated/α-hetero) is 1. The standard InChI is InChI=1S/C11H10BrFO/c12-9-5-4-8(6-10(9)13)11(14)7-2-1-3-7/h4-7H,1-3H2. The molecule has 0 atom stereocenters. The summed E-state index contributed by atoms with van der Waals surface area (Å²) in [5.74, 6) is -0.145. The van der Waals surface area contributed by atoms with Crippen molar-refractivity contribution >= 4 is 21.7 Å². The first-order chi connectivity index (χ1) is 6.68. The van der Waals surface area contributed by atoms with Gasteiger partial charge in [0.05, 0.1) is 4.47 Å². The molecule has 14 heavy (non-hydrogen) atoms. The van der Waals surface area contributed by atoms with Crippen molar-refractivity contribution in [2.45, 2.75) is 19.3 Å². The Morgan fingerprint density at radius 2 is 2.14 bits per heavy atom. The van der Waals surface area contributed by atoms with Crippen LogP contribution in [0.4, 0.5) is 4.39 Å². The number of halogens is 2. The molecule has 0 spiro atoms. The van der Waals surface area contributed by atoms with Crippen LogP contribution < -0.4 is 0 Å². The molecular weight excluding hydrogens is 247 g/mol. The predicted molar refractivity (Wildman–Crippen MR) is 55.8 cm³/mol. The molecule has 1 saturated carbocycles. The minimum Gasteiger partial charge on any atom is -0.294 e. The Bertz CT molecular complexity index is 372. The molecule has 0 bridgehead atoms. The molecule has 0 aromatic heterocycles. The fourth-order valence-electron chi connectivity index (χ4n) is 1.56. The van der Waals surface area contributed by atoms with Crippen LogP contribution in [-0.4, -0.2) is 5.78 Å². The van der Waals surface area contributed by atoms with Crippen molar-refractivity contribution in [2.75, 3.05) is 0 Å². The van der Waals surface area contributed by atoms with E-state index in [9.17, 15) is 9.18 Å². The average molecular weight is 257 g/mol. The molecule has 0 unspecified atom stereocenters. The Balaban J connectivity index is 2.23. The van der Waals surface area contributed by atoms with Crippen LogP contribution >= 0.6 is 15.9 Å². The van der Waals surface area contributed by atoms with Crippen molar-refractivity contribution in [3.63, 3.8) is 0 Å². The number of ketones is 1. The summed E-state index contributed by atoms with van der Waals surface area (Å²) < 4.78 is 13.5. The highest BCUT2D eigenvalue weighted by Gasteiger charge is 2.26. The van der Waals surface area contributed by atoms with Crippen LogP contribution in [-0.2, 0) is 0 Å². The number of benzene rings is 1. The van der Waals surface area contributed by atoms with Crippen molar-refractivity contribution in [1.82, 2.24) is 0 Å². The zero-order valence-corrected chi connectivity index (χ0v) is 9.18. The van der Waals surface area contributed by atoms with E-state index >= 15 is 0 Å².